The Hall–Kier alpha value is -0.970. The largest absolute Gasteiger partial charge is 0.396 e. The van der Waals surface area contributed by atoms with E-state index in [-0.39, 0.29) is 12.6 Å². The summed E-state index contributed by atoms with van der Waals surface area (Å²) in [6, 6.07) is 4.62. The SMILES string of the molecule is CCCC(CCO)CNC(=O)Nc1ccc(Cl)c(Cl)c1. The van der Waals surface area contributed by atoms with Crippen molar-refractivity contribution >= 4 is 34.9 Å². The molecule has 0 spiro atoms. The minimum Gasteiger partial charge on any atom is -0.396 e. The Labute approximate surface area is 129 Å². The fourth-order valence-electron chi connectivity index (χ4n) is 1.93. The van der Waals surface area contributed by atoms with Crippen molar-refractivity contribution in [3.63, 3.8) is 0 Å². The Bertz CT molecular complexity index is 435. The Balaban J connectivity index is 2.44. The van der Waals surface area contributed by atoms with E-state index in [4.69, 9.17) is 28.3 Å². The van der Waals surface area contributed by atoms with Crippen LogP contribution in [0, 0.1) is 5.92 Å². The number of aliphatic hydroxyl groups excluding tert-OH is 1. The van der Waals surface area contributed by atoms with Gasteiger partial charge >= 0.3 is 6.03 Å². The van der Waals surface area contributed by atoms with E-state index in [1.165, 1.54) is 0 Å². The van der Waals surface area contributed by atoms with Crippen LogP contribution in [0.15, 0.2) is 18.2 Å². The van der Waals surface area contributed by atoms with Crippen LogP contribution in [0.4, 0.5) is 10.5 Å². The van der Waals surface area contributed by atoms with Crippen molar-refractivity contribution in [2.24, 2.45) is 5.92 Å². The number of anilines is 1. The predicted octanol–water partition coefficient (Wildman–Crippen LogP) is 3.91. The van der Waals surface area contributed by atoms with Gasteiger partial charge in [-0.25, -0.2) is 4.79 Å². The Morgan fingerprint density at radius 1 is 1.30 bits per heavy atom. The molecule has 4 nitrogen and oxygen atoms in total. The molecule has 0 fully saturated rings. The number of rotatable bonds is 7. The lowest BCUT2D eigenvalue weighted by Crippen LogP contribution is -2.33. The number of carbonyl (C=O) groups is 1. The van der Waals surface area contributed by atoms with Crippen molar-refractivity contribution < 1.29 is 9.90 Å². The van der Waals surface area contributed by atoms with Crippen LogP contribution in [0.3, 0.4) is 0 Å². The number of nitrogens with one attached hydrogen (secondary N) is 2. The molecule has 0 bridgehead atoms. The van der Waals surface area contributed by atoms with Crippen molar-refractivity contribution in [2.75, 3.05) is 18.5 Å². The number of benzene rings is 1. The lowest BCUT2D eigenvalue weighted by atomic mass is 10.0. The number of amides is 2. The van der Waals surface area contributed by atoms with Crippen LogP contribution in [0.2, 0.25) is 10.0 Å². The average molecular weight is 319 g/mol. The standard InChI is InChI=1S/C14H20Cl2N2O2/c1-2-3-10(6-7-19)9-17-14(20)18-11-4-5-12(15)13(16)8-11/h4-5,8,10,19H,2-3,6-7,9H2,1H3,(H2,17,18,20). The second-order valence-electron chi connectivity index (χ2n) is 4.63. The third-order valence-electron chi connectivity index (χ3n) is 2.96. The number of urea groups is 1. The van der Waals surface area contributed by atoms with Gasteiger partial charge in [0.05, 0.1) is 10.0 Å². The van der Waals surface area contributed by atoms with Gasteiger partial charge in [-0.2, -0.15) is 0 Å². The first kappa shape index (κ1) is 17.1. The van der Waals surface area contributed by atoms with E-state index >= 15 is 0 Å². The monoisotopic (exact) mass is 318 g/mol. The highest BCUT2D eigenvalue weighted by molar-refractivity contribution is 6.42. The third-order valence-corrected chi connectivity index (χ3v) is 3.70. The topological polar surface area (TPSA) is 61.4 Å². The lowest BCUT2D eigenvalue weighted by molar-refractivity contribution is 0.237. The van der Waals surface area contributed by atoms with Gasteiger partial charge in [0.2, 0.25) is 0 Å². The second-order valence-corrected chi connectivity index (χ2v) is 5.45. The van der Waals surface area contributed by atoms with Crippen LogP contribution in [-0.2, 0) is 0 Å². The quantitative estimate of drug-likeness (QED) is 0.713. The molecule has 0 saturated heterocycles. The molecule has 1 rings (SSSR count). The molecule has 0 aliphatic carbocycles. The fourth-order valence-corrected chi connectivity index (χ4v) is 2.22. The molecule has 20 heavy (non-hydrogen) atoms. The molecule has 112 valence electrons. The minimum atomic E-state index is -0.289. The van der Waals surface area contributed by atoms with E-state index in [1.54, 1.807) is 18.2 Å². The summed E-state index contributed by atoms with van der Waals surface area (Å²) in [5.41, 5.74) is 0.589. The molecule has 1 unspecified atom stereocenters. The first-order valence-corrected chi connectivity index (χ1v) is 7.43. The second kappa shape index (κ2) is 9.06. The molecule has 0 saturated carbocycles. The summed E-state index contributed by atoms with van der Waals surface area (Å²) in [6.45, 7) is 2.77. The predicted molar refractivity (Wildman–Crippen MR) is 83.6 cm³/mol. The van der Waals surface area contributed by atoms with Crippen molar-refractivity contribution in [1.29, 1.82) is 0 Å². The molecular weight excluding hydrogens is 299 g/mol. The molecule has 0 heterocycles. The molecule has 0 aliphatic rings. The first-order valence-electron chi connectivity index (χ1n) is 6.67. The molecule has 0 aliphatic heterocycles. The Morgan fingerprint density at radius 3 is 2.65 bits per heavy atom. The summed E-state index contributed by atoms with van der Waals surface area (Å²) < 4.78 is 0. The molecule has 3 N–H and O–H groups in total. The molecule has 1 atom stereocenters. The first-order chi connectivity index (χ1) is 9.56. The summed E-state index contributed by atoms with van der Waals surface area (Å²) in [5, 5.41) is 15.3. The van der Waals surface area contributed by atoms with Crippen LogP contribution in [0.25, 0.3) is 0 Å². The Morgan fingerprint density at radius 2 is 2.05 bits per heavy atom. The van der Waals surface area contributed by atoms with Crippen molar-refractivity contribution in [2.45, 2.75) is 26.2 Å². The van der Waals surface area contributed by atoms with E-state index in [0.717, 1.165) is 12.8 Å². The normalized spacial score (nSPS) is 12.0. The van der Waals surface area contributed by atoms with Crippen LogP contribution >= 0.6 is 23.2 Å². The zero-order valence-electron chi connectivity index (χ0n) is 11.5. The van der Waals surface area contributed by atoms with Crippen molar-refractivity contribution in [3.8, 4) is 0 Å². The van der Waals surface area contributed by atoms with Crippen LogP contribution < -0.4 is 10.6 Å². The molecule has 1 aromatic carbocycles. The zero-order chi connectivity index (χ0) is 15.0. The van der Waals surface area contributed by atoms with Gasteiger partial charge in [-0.05, 0) is 37.0 Å². The van der Waals surface area contributed by atoms with Gasteiger partial charge < -0.3 is 15.7 Å². The average Bonchev–Trinajstić information content (AvgIpc) is 2.41. The maximum atomic E-state index is 11.8. The van der Waals surface area contributed by atoms with Crippen LogP contribution in [0.1, 0.15) is 26.2 Å². The molecule has 2 amide bonds. The van der Waals surface area contributed by atoms with E-state index in [9.17, 15) is 4.79 Å². The maximum absolute atomic E-state index is 11.8. The minimum absolute atomic E-state index is 0.140. The third kappa shape index (κ3) is 5.99. The molecule has 0 radical (unpaired) electrons. The smallest absolute Gasteiger partial charge is 0.319 e. The number of hydrogen-bond donors (Lipinski definition) is 3. The summed E-state index contributed by atoms with van der Waals surface area (Å²) >= 11 is 11.7. The summed E-state index contributed by atoms with van der Waals surface area (Å²) in [7, 11) is 0. The number of hydrogen-bond acceptors (Lipinski definition) is 2. The van der Waals surface area contributed by atoms with Gasteiger partial charge in [-0.3, -0.25) is 0 Å². The highest BCUT2D eigenvalue weighted by Gasteiger charge is 2.09. The van der Waals surface area contributed by atoms with Crippen molar-refractivity contribution in [3.05, 3.63) is 28.2 Å². The van der Waals surface area contributed by atoms with Crippen LogP contribution in [-0.4, -0.2) is 24.3 Å². The van der Waals surface area contributed by atoms with Gasteiger partial charge in [0.15, 0.2) is 0 Å². The van der Waals surface area contributed by atoms with Gasteiger partial charge in [0.1, 0.15) is 0 Å². The summed E-state index contributed by atoms with van der Waals surface area (Å²) in [5.74, 6) is 0.296. The van der Waals surface area contributed by atoms with E-state index in [0.29, 0.717) is 34.6 Å². The van der Waals surface area contributed by atoms with Crippen molar-refractivity contribution in [1.82, 2.24) is 5.32 Å². The van der Waals surface area contributed by atoms with E-state index in [1.807, 2.05) is 0 Å². The molecular formula is C14H20Cl2N2O2. The molecule has 6 heteroatoms. The maximum Gasteiger partial charge on any atom is 0.319 e. The molecule has 1 aromatic rings. The van der Waals surface area contributed by atoms with Gasteiger partial charge in [-0.15, -0.1) is 0 Å². The summed E-state index contributed by atoms with van der Waals surface area (Å²) in [4.78, 5) is 11.8. The summed E-state index contributed by atoms with van der Waals surface area (Å²) in [6.07, 6.45) is 2.70. The van der Waals surface area contributed by atoms with E-state index < -0.39 is 0 Å². The fraction of sp³-hybridized carbons (Fsp3) is 0.500. The number of carbonyl (C=O) groups excluding carboxylic acids is 1. The molecule has 0 aromatic heterocycles. The van der Waals surface area contributed by atoms with E-state index in [2.05, 4.69) is 17.6 Å². The number of aliphatic hydroxyl groups is 1. The number of halogens is 2. The van der Waals surface area contributed by atoms with Gasteiger partial charge in [0, 0.05) is 18.8 Å². The van der Waals surface area contributed by atoms with Crippen LogP contribution in [0.5, 0.6) is 0 Å². The highest BCUT2D eigenvalue weighted by atomic mass is 35.5. The highest BCUT2D eigenvalue weighted by Crippen LogP contribution is 2.24. The van der Waals surface area contributed by atoms with Gasteiger partial charge in [0.25, 0.3) is 0 Å². The Kier molecular flexibility index (Phi) is 7.73. The lowest BCUT2D eigenvalue weighted by Gasteiger charge is -2.16. The zero-order valence-corrected chi connectivity index (χ0v) is 13.0. The van der Waals surface area contributed by atoms with Gasteiger partial charge in [-0.1, -0.05) is 36.5 Å².